The fourth-order valence-corrected chi connectivity index (χ4v) is 9.24. The molecule has 5 aromatic rings. The van der Waals surface area contributed by atoms with E-state index in [2.05, 4.69) is 25.9 Å². The minimum Gasteiger partial charge on any atom is -0.497 e. The molecule has 4 atom stereocenters. The van der Waals surface area contributed by atoms with Crippen LogP contribution in [0.1, 0.15) is 61.3 Å². The summed E-state index contributed by atoms with van der Waals surface area (Å²) >= 11 is 6.75. The minimum absolute atomic E-state index is 0.00619. The molecule has 0 spiro atoms. The molecule has 1 fully saturated rings. The zero-order valence-electron chi connectivity index (χ0n) is 35.2. The molecule has 1 aliphatic carbocycles. The number of hydrogen-bond acceptors (Lipinski definition) is 10. The SMILES string of the molecule is COc1ccc(CN(c2ccncn2)S(=O)(=O)c2cc(Cl)c(N[C@H]3CC[C@H](c4cccc(C(F)(F)F)c4)C[C@@H]3NC(=O)C(NC(=O)OCc3ccccc3)C(C)C)cc2F)c(OC)c1. The van der Waals surface area contributed by atoms with Gasteiger partial charge in [0.25, 0.3) is 10.0 Å². The summed E-state index contributed by atoms with van der Waals surface area (Å²) in [4.78, 5) is 34.1. The zero-order chi connectivity index (χ0) is 46.2. The van der Waals surface area contributed by atoms with Crippen molar-refractivity contribution < 1.29 is 49.8 Å². The largest absolute Gasteiger partial charge is 0.497 e. The average Bonchev–Trinajstić information content (AvgIpc) is 3.28. The molecule has 0 aliphatic heterocycles. The van der Waals surface area contributed by atoms with Crippen LogP contribution in [0.25, 0.3) is 0 Å². The minimum atomic E-state index is -4.74. The molecule has 1 saturated carbocycles. The maximum Gasteiger partial charge on any atom is 0.416 e. The molecule has 1 aromatic heterocycles. The number of alkyl halides is 3. The summed E-state index contributed by atoms with van der Waals surface area (Å²) in [6, 6.07) is 19.4. The number of rotatable bonds is 16. The fraction of sp³-hybridized carbons (Fsp3) is 0.333. The molecule has 4 aromatic carbocycles. The highest BCUT2D eigenvalue weighted by Crippen LogP contribution is 2.40. The van der Waals surface area contributed by atoms with Gasteiger partial charge in [-0.2, -0.15) is 13.2 Å². The summed E-state index contributed by atoms with van der Waals surface area (Å²) < 4.78 is 103. The molecule has 3 N–H and O–H groups in total. The van der Waals surface area contributed by atoms with Crippen LogP contribution < -0.4 is 29.7 Å². The third-order valence-electron chi connectivity index (χ3n) is 10.9. The number of methoxy groups -OCH3 is 2. The number of carbonyl (C=O) groups excluding carboxylic acids is 2. The van der Waals surface area contributed by atoms with E-state index in [4.69, 9.17) is 25.8 Å². The maximum atomic E-state index is 16.4. The number of alkyl carbamates (subject to hydrolysis) is 1. The van der Waals surface area contributed by atoms with E-state index in [0.29, 0.717) is 29.0 Å². The van der Waals surface area contributed by atoms with Crippen LogP contribution in [-0.2, 0) is 38.9 Å². The Hall–Kier alpha value is -6.14. The van der Waals surface area contributed by atoms with Crippen molar-refractivity contribution in [3.05, 3.63) is 137 Å². The summed E-state index contributed by atoms with van der Waals surface area (Å²) in [6.07, 6.45) is -2.18. The lowest BCUT2D eigenvalue weighted by atomic mass is 9.78. The smallest absolute Gasteiger partial charge is 0.416 e. The van der Waals surface area contributed by atoms with Crippen molar-refractivity contribution in [2.75, 3.05) is 23.8 Å². The number of aromatic nitrogens is 2. The van der Waals surface area contributed by atoms with Gasteiger partial charge in [0.15, 0.2) is 0 Å². The summed E-state index contributed by atoms with van der Waals surface area (Å²) in [5.41, 5.74) is 0.728. The third kappa shape index (κ3) is 11.5. The molecular weight excluding hydrogens is 880 g/mol. The summed E-state index contributed by atoms with van der Waals surface area (Å²) in [6.45, 7) is 3.07. The van der Waals surface area contributed by atoms with E-state index in [1.807, 2.05) is 6.07 Å². The lowest BCUT2D eigenvalue weighted by molar-refractivity contribution is -0.137. The van der Waals surface area contributed by atoms with Crippen molar-refractivity contribution in [1.29, 1.82) is 0 Å². The molecule has 13 nitrogen and oxygen atoms in total. The van der Waals surface area contributed by atoms with E-state index < -0.39 is 74.4 Å². The fourth-order valence-electron chi connectivity index (χ4n) is 7.49. The van der Waals surface area contributed by atoms with Crippen LogP contribution in [-0.4, -0.2) is 62.7 Å². The van der Waals surface area contributed by atoms with Crippen LogP contribution in [0.5, 0.6) is 11.5 Å². The molecule has 19 heteroatoms. The van der Waals surface area contributed by atoms with E-state index in [9.17, 15) is 31.2 Å². The number of benzene rings is 4. The van der Waals surface area contributed by atoms with Crippen LogP contribution in [0.2, 0.25) is 5.02 Å². The summed E-state index contributed by atoms with van der Waals surface area (Å²) in [7, 11) is -1.86. The van der Waals surface area contributed by atoms with Crippen molar-refractivity contribution in [1.82, 2.24) is 20.6 Å². The molecule has 0 bridgehead atoms. The van der Waals surface area contributed by atoms with Crippen LogP contribution >= 0.6 is 11.6 Å². The second kappa shape index (κ2) is 20.6. The average molecular weight is 927 g/mol. The molecule has 6 rings (SSSR count). The topological polar surface area (TPSA) is 161 Å². The van der Waals surface area contributed by atoms with E-state index >= 15 is 4.39 Å². The number of hydrogen-bond donors (Lipinski definition) is 3. The Bertz CT molecular complexity index is 2520. The first-order valence-corrected chi connectivity index (χ1v) is 22.0. The van der Waals surface area contributed by atoms with Gasteiger partial charge in [-0.1, -0.05) is 74.0 Å². The Morgan fingerprint density at radius 1 is 0.938 bits per heavy atom. The standard InChI is InChI=1S/C45H47ClF4N6O7S/c1-27(2)42(55-44(58)63-25-28-9-6-5-7-10-28)43(57)54-38-20-30(29-11-8-12-32(19-29)45(48,49)50)14-16-36(38)53-37-23-35(47)40(22-34(37)46)64(59,60)56(41-17-18-51-26-52-41)24-31-13-15-33(61-3)21-39(31)62-4/h5-13,15,17-19,21-23,26-27,30,36,38,42,53H,14,16,20,24-25H2,1-4H3,(H,54,57)(H,55,58)/t30-,36-,38-,42?/m0/s1. The monoisotopic (exact) mass is 926 g/mol. The van der Waals surface area contributed by atoms with Crippen LogP contribution in [0.15, 0.2) is 108 Å². The van der Waals surface area contributed by atoms with Crippen LogP contribution in [0.3, 0.4) is 0 Å². The van der Waals surface area contributed by atoms with Gasteiger partial charge in [-0.25, -0.2) is 31.9 Å². The van der Waals surface area contributed by atoms with Crippen molar-refractivity contribution >= 4 is 45.1 Å². The molecule has 1 aliphatic rings. The van der Waals surface area contributed by atoms with Crippen LogP contribution in [0.4, 0.5) is 33.9 Å². The lowest BCUT2D eigenvalue weighted by Crippen LogP contribution is -2.56. The van der Waals surface area contributed by atoms with Gasteiger partial charge in [-0.3, -0.25) is 4.79 Å². The van der Waals surface area contributed by atoms with Gasteiger partial charge < -0.3 is 30.2 Å². The second-order valence-electron chi connectivity index (χ2n) is 15.4. The predicted octanol–water partition coefficient (Wildman–Crippen LogP) is 8.88. The van der Waals surface area contributed by atoms with E-state index in [0.717, 1.165) is 40.5 Å². The Morgan fingerprint density at radius 2 is 1.70 bits per heavy atom. The number of ether oxygens (including phenoxy) is 3. The number of carbonyl (C=O) groups is 2. The summed E-state index contributed by atoms with van der Waals surface area (Å²) in [5, 5.41) is 8.58. The molecule has 1 heterocycles. The van der Waals surface area contributed by atoms with Crippen molar-refractivity contribution in [3.63, 3.8) is 0 Å². The lowest BCUT2D eigenvalue weighted by Gasteiger charge is -2.39. The van der Waals surface area contributed by atoms with Gasteiger partial charge in [-0.05, 0) is 72.6 Å². The Balaban J connectivity index is 1.28. The van der Waals surface area contributed by atoms with Gasteiger partial charge in [-0.15, -0.1) is 0 Å². The predicted molar refractivity (Wildman–Crippen MR) is 232 cm³/mol. The molecule has 340 valence electrons. The summed E-state index contributed by atoms with van der Waals surface area (Å²) in [5.74, 6) is -1.93. The van der Waals surface area contributed by atoms with Gasteiger partial charge >= 0.3 is 12.3 Å². The highest BCUT2D eigenvalue weighted by molar-refractivity contribution is 7.92. The third-order valence-corrected chi connectivity index (χ3v) is 12.9. The van der Waals surface area contributed by atoms with E-state index in [1.54, 1.807) is 62.4 Å². The van der Waals surface area contributed by atoms with Gasteiger partial charge in [0, 0.05) is 36.0 Å². The Kier molecular flexibility index (Phi) is 15.2. The quantitative estimate of drug-likeness (QED) is 0.0816. The zero-order valence-corrected chi connectivity index (χ0v) is 36.8. The van der Waals surface area contributed by atoms with Gasteiger partial charge in [0.2, 0.25) is 5.91 Å². The van der Waals surface area contributed by atoms with Gasteiger partial charge in [0.05, 0.1) is 37.0 Å². The Morgan fingerprint density at radius 3 is 2.38 bits per heavy atom. The molecular formula is C45H47ClF4N6O7S. The highest BCUT2D eigenvalue weighted by atomic mass is 35.5. The normalized spacial score (nSPS) is 16.9. The number of nitrogens with zero attached hydrogens (tertiary/aromatic N) is 3. The highest BCUT2D eigenvalue weighted by Gasteiger charge is 2.38. The molecule has 1 unspecified atom stereocenters. The first-order valence-electron chi connectivity index (χ1n) is 20.2. The number of sulfonamides is 1. The van der Waals surface area contributed by atoms with E-state index in [1.165, 1.54) is 32.5 Å². The first kappa shape index (κ1) is 47.3. The number of nitrogens with one attached hydrogen (secondary N) is 3. The molecule has 0 saturated heterocycles. The number of amides is 2. The molecule has 2 amide bonds. The second-order valence-corrected chi connectivity index (χ2v) is 17.7. The van der Waals surface area contributed by atoms with Gasteiger partial charge in [0.1, 0.15) is 47.0 Å². The molecule has 0 radical (unpaired) electrons. The molecule has 64 heavy (non-hydrogen) atoms. The Labute approximate surface area is 373 Å². The number of halogens is 5. The van der Waals surface area contributed by atoms with Crippen molar-refractivity contribution in [3.8, 4) is 11.5 Å². The number of anilines is 2. The van der Waals surface area contributed by atoms with Crippen LogP contribution in [0, 0.1) is 11.7 Å². The maximum absolute atomic E-state index is 16.4. The van der Waals surface area contributed by atoms with E-state index in [-0.39, 0.29) is 42.5 Å². The first-order chi connectivity index (χ1) is 30.5. The van der Waals surface area contributed by atoms with Crippen molar-refractivity contribution in [2.24, 2.45) is 5.92 Å². The van der Waals surface area contributed by atoms with Crippen molar-refractivity contribution in [2.45, 2.75) is 81.4 Å².